The summed E-state index contributed by atoms with van der Waals surface area (Å²) in [5.74, 6) is 0.474. The van der Waals surface area contributed by atoms with Crippen molar-refractivity contribution in [2.75, 3.05) is 12.3 Å². The zero-order valence-corrected chi connectivity index (χ0v) is 20.4. The van der Waals surface area contributed by atoms with Crippen molar-refractivity contribution in [3.63, 3.8) is 0 Å². The van der Waals surface area contributed by atoms with Gasteiger partial charge in [0.15, 0.2) is 5.16 Å². The molecule has 0 spiro atoms. The van der Waals surface area contributed by atoms with Crippen molar-refractivity contribution < 1.29 is 4.79 Å². The van der Waals surface area contributed by atoms with Gasteiger partial charge in [-0.1, -0.05) is 30.7 Å². The van der Waals surface area contributed by atoms with Gasteiger partial charge in [0.25, 0.3) is 5.56 Å². The lowest BCUT2D eigenvalue weighted by molar-refractivity contribution is -0.129. The number of nitrogens with zero attached hydrogens (tertiary/aromatic N) is 3. The molecule has 2 fully saturated rings. The summed E-state index contributed by atoms with van der Waals surface area (Å²) in [7, 11) is 0. The fourth-order valence-corrected chi connectivity index (χ4v) is 7.82. The number of hydrogen-bond donors (Lipinski definition) is 0. The van der Waals surface area contributed by atoms with E-state index in [0.717, 1.165) is 65.7 Å². The van der Waals surface area contributed by atoms with Crippen LogP contribution in [0.5, 0.6) is 0 Å². The Hall–Kier alpha value is -1.64. The highest BCUT2D eigenvalue weighted by atomic mass is 32.2. The Morgan fingerprint density at radius 2 is 2.03 bits per heavy atom. The highest BCUT2D eigenvalue weighted by Gasteiger charge is 2.31. The van der Waals surface area contributed by atoms with E-state index in [1.807, 2.05) is 16.4 Å². The number of hydrogen-bond acceptors (Lipinski definition) is 6. The van der Waals surface area contributed by atoms with Gasteiger partial charge in [0, 0.05) is 22.3 Å². The number of carbonyl (C=O) groups is 1. The molecule has 5 rings (SSSR count). The summed E-state index contributed by atoms with van der Waals surface area (Å²) >= 11 is 4.75. The molecule has 1 unspecified atom stereocenters. The molecule has 3 aromatic heterocycles. The van der Waals surface area contributed by atoms with Crippen molar-refractivity contribution in [2.45, 2.75) is 69.6 Å². The molecule has 0 radical (unpaired) electrons. The van der Waals surface area contributed by atoms with Crippen LogP contribution >= 0.6 is 34.4 Å². The van der Waals surface area contributed by atoms with Crippen molar-refractivity contribution in [3.8, 4) is 0 Å². The van der Waals surface area contributed by atoms with Gasteiger partial charge in [-0.05, 0) is 56.5 Å². The molecule has 0 N–H and O–H groups in total. The second-order valence-corrected chi connectivity index (χ2v) is 11.6. The number of thioether (sulfide) groups is 1. The van der Waals surface area contributed by atoms with E-state index >= 15 is 0 Å². The van der Waals surface area contributed by atoms with E-state index in [4.69, 9.17) is 4.98 Å². The quantitative estimate of drug-likeness (QED) is 0.352. The summed E-state index contributed by atoms with van der Waals surface area (Å²) in [5, 5.41) is 3.56. The normalized spacial score (nSPS) is 19.7. The van der Waals surface area contributed by atoms with Crippen molar-refractivity contribution in [1.82, 2.24) is 14.5 Å². The van der Waals surface area contributed by atoms with Gasteiger partial charge in [-0.15, -0.1) is 22.7 Å². The summed E-state index contributed by atoms with van der Waals surface area (Å²) in [4.78, 5) is 36.8. The topological polar surface area (TPSA) is 55.2 Å². The van der Waals surface area contributed by atoms with Gasteiger partial charge < -0.3 is 4.90 Å². The van der Waals surface area contributed by atoms with Crippen molar-refractivity contribution in [3.05, 3.63) is 43.2 Å². The summed E-state index contributed by atoms with van der Waals surface area (Å²) < 4.78 is 1.91. The molecule has 3 aromatic rings. The van der Waals surface area contributed by atoms with Crippen LogP contribution < -0.4 is 5.56 Å². The van der Waals surface area contributed by atoms with Gasteiger partial charge in [0.05, 0.1) is 17.2 Å². The van der Waals surface area contributed by atoms with Gasteiger partial charge in [0.2, 0.25) is 5.91 Å². The van der Waals surface area contributed by atoms with E-state index in [0.29, 0.717) is 10.9 Å². The number of aromatic nitrogens is 2. The number of likely N-dealkylation sites (tertiary alicyclic amines) is 1. The molecule has 1 atom stereocenters. The third-order valence-electron chi connectivity index (χ3n) is 6.66. The molecule has 4 heterocycles. The highest BCUT2D eigenvalue weighted by molar-refractivity contribution is 7.99. The van der Waals surface area contributed by atoms with Crippen LogP contribution in [0.2, 0.25) is 0 Å². The van der Waals surface area contributed by atoms with Crippen LogP contribution in [0.15, 0.2) is 27.5 Å². The predicted octanol–water partition coefficient (Wildman–Crippen LogP) is 5.71. The van der Waals surface area contributed by atoms with Crippen LogP contribution in [0.4, 0.5) is 0 Å². The maximum absolute atomic E-state index is 13.5. The lowest BCUT2D eigenvalue weighted by Gasteiger charge is -2.24. The first kappa shape index (κ1) is 21.2. The molecule has 2 aliphatic rings. The van der Waals surface area contributed by atoms with E-state index in [1.165, 1.54) is 16.6 Å². The minimum atomic E-state index is 0.0753. The lowest BCUT2D eigenvalue weighted by Crippen LogP contribution is -2.32. The molecule has 0 aromatic carbocycles. The molecule has 31 heavy (non-hydrogen) atoms. The number of carbonyl (C=O) groups excluding carboxylic acids is 1. The van der Waals surface area contributed by atoms with Gasteiger partial charge >= 0.3 is 0 Å². The van der Waals surface area contributed by atoms with Crippen LogP contribution in [-0.2, 0) is 4.79 Å². The van der Waals surface area contributed by atoms with E-state index in [9.17, 15) is 9.59 Å². The van der Waals surface area contributed by atoms with Crippen molar-refractivity contribution >= 4 is 50.6 Å². The standard InChI is InChI=1S/C23H27N3O2S3/c1-14-15(2)31-21-20(14)22(28)26(16-7-3-4-8-16)23(24-21)30-13-19(27)25-11-5-9-17(25)18-10-6-12-29-18/h6,10,12,16-17H,3-5,7-9,11,13H2,1-2H3. The lowest BCUT2D eigenvalue weighted by atomic mass is 10.2. The second-order valence-electron chi connectivity index (χ2n) is 8.52. The largest absolute Gasteiger partial charge is 0.334 e. The number of thiophene rings is 2. The Balaban J connectivity index is 1.44. The minimum absolute atomic E-state index is 0.0753. The van der Waals surface area contributed by atoms with Crippen molar-refractivity contribution in [2.24, 2.45) is 0 Å². The van der Waals surface area contributed by atoms with E-state index in [1.54, 1.807) is 22.7 Å². The fraction of sp³-hybridized carbons (Fsp3) is 0.522. The summed E-state index contributed by atoms with van der Waals surface area (Å²) in [6.45, 7) is 4.88. The Kier molecular flexibility index (Phi) is 5.96. The zero-order valence-electron chi connectivity index (χ0n) is 17.9. The summed E-state index contributed by atoms with van der Waals surface area (Å²) in [6, 6.07) is 4.58. The Bertz CT molecular complexity index is 1160. The molecule has 164 valence electrons. The molecular weight excluding hydrogens is 446 g/mol. The molecule has 1 aliphatic heterocycles. The molecule has 1 saturated heterocycles. The Labute approximate surface area is 194 Å². The molecule has 5 nitrogen and oxygen atoms in total. The number of aryl methyl sites for hydroxylation is 2. The molecule has 1 aliphatic carbocycles. The zero-order chi connectivity index (χ0) is 21.5. The first-order valence-corrected chi connectivity index (χ1v) is 13.7. The monoisotopic (exact) mass is 473 g/mol. The maximum Gasteiger partial charge on any atom is 0.263 e. The average molecular weight is 474 g/mol. The average Bonchev–Trinajstić information content (AvgIpc) is 3.54. The molecule has 1 amide bonds. The summed E-state index contributed by atoms with van der Waals surface area (Å²) in [6.07, 6.45) is 6.41. The van der Waals surface area contributed by atoms with Crippen LogP contribution in [0.3, 0.4) is 0 Å². The van der Waals surface area contributed by atoms with Crippen LogP contribution in [0, 0.1) is 13.8 Å². The van der Waals surface area contributed by atoms with E-state index in [2.05, 4.69) is 24.4 Å². The number of rotatable bonds is 5. The van der Waals surface area contributed by atoms with Gasteiger partial charge in [-0.3, -0.25) is 14.2 Å². The van der Waals surface area contributed by atoms with Crippen LogP contribution in [0.25, 0.3) is 10.2 Å². The first-order valence-electron chi connectivity index (χ1n) is 11.0. The third-order valence-corrected chi connectivity index (χ3v) is 9.67. The smallest absolute Gasteiger partial charge is 0.263 e. The SMILES string of the molecule is Cc1sc2nc(SCC(=O)N3CCCC3c3cccs3)n(C3CCCC3)c(=O)c2c1C. The molecule has 0 bridgehead atoms. The van der Waals surface area contributed by atoms with Gasteiger partial charge in [-0.25, -0.2) is 4.98 Å². The number of fused-ring (bicyclic) bond motifs is 1. The Morgan fingerprint density at radius 1 is 1.23 bits per heavy atom. The molecule has 8 heteroatoms. The third kappa shape index (κ3) is 3.87. The second kappa shape index (κ2) is 8.71. The number of amides is 1. The molecule has 1 saturated carbocycles. The van der Waals surface area contributed by atoms with E-state index in [-0.39, 0.29) is 23.6 Å². The molecular formula is C23H27N3O2S3. The predicted molar refractivity (Wildman–Crippen MR) is 130 cm³/mol. The van der Waals surface area contributed by atoms with Crippen LogP contribution in [-0.4, -0.2) is 32.7 Å². The maximum atomic E-state index is 13.5. The van der Waals surface area contributed by atoms with Crippen molar-refractivity contribution in [1.29, 1.82) is 0 Å². The first-order chi connectivity index (χ1) is 15.0. The van der Waals surface area contributed by atoms with Crippen LogP contribution in [0.1, 0.15) is 65.9 Å². The van der Waals surface area contributed by atoms with Gasteiger partial charge in [0.1, 0.15) is 4.83 Å². The fourth-order valence-electron chi connectivity index (χ4n) is 4.93. The van der Waals surface area contributed by atoms with Gasteiger partial charge in [-0.2, -0.15) is 0 Å². The minimum Gasteiger partial charge on any atom is -0.334 e. The Morgan fingerprint density at radius 3 is 2.77 bits per heavy atom. The van der Waals surface area contributed by atoms with E-state index < -0.39 is 0 Å². The highest BCUT2D eigenvalue weighted by Crippen LogP contribution is 2.37. The summed E-state index contributed by atoms with van der Waals surface area (Å²) in [5.41, 5.74) is 1.12.